The average molecular weight is 404 g/mol. The molecular formula is C23H18FN2O2P. The molecule has 29 heavy (non-hydrogen) atoms. The van der Waals surface area contributed by atoms with Gasteiger partial charge in [-0.2, -0.15) is 5.10 Å². The zero-order valence-corrected chi connectivity index (χ0v) is 16.3. The molecule has 0 saturated carbocycles. The molecule has 0 saturated heterocycles. The lowest BCUT2D eigenvalue weighted by Gasteiger charge is -2.22. The summed E-state index contributed by atoms with van der Waals surface area (Å²) in [6, 6.07) is 24.9. The van der Waals surface area contributed by atoms with Crippen LogP contribution in [0.5, 0.6) is 0 Å². The second-order valence-electron chi connectivity index (χ2n) is 6.44. The number of halogens is 1. The summed E-state index contributed by atoms with van der Waals surface area (Å²) in [6.45, 7) is 0. The lowest BCUT2D eigenvalue weighted by molar-refractivity contribution is 0.468. The first-order valence-corrected chi connectivity index (χ1v) is 10.9. The van der Waals surface area contributed by atoms with Crippen molar-refractivity contribution in [1.29, 1.82) is 0 Å². The van der Waals surface area contributed by atoms with Crippen LogP contribution in [-0.4, -0.2) is 6.21 Å². The van der Waals surface area contributed by atoms with Gasteiger partial charge in [-0.15, -0.1) is 0 Å². The smallest absolute Gasteiger partial charge is 0.235 e. The molecule has 1 N–H and O–H groups in total. The Labute approximate surface area is 168 Å². The van der Waals surface area contributed by atoms with E-state index in [1.165, 1.54) is 18.3 Å². The van der Waals surface area contributed by atoms with Crippen LogP contribution in [0.15, 0.2) is 102 Å². The number of nitrogens with zero attached hydrogens (tertiary/aromatic N) is 1. The molecule has 0 bridgehead atoms. The highest BCUT2D eigenvalue weighted by molar-refractivity contribution is 7.68. The molecule has 0 aliphatic carbocycles. The van der Waals surface area contributed by atoms with Crippen LogP contribution in [0.3, 0.4) is 0 Å². The van der Waals surface area contributed by atoms with E-state index in [0.717, 1.165) is 11.1 Å². The lowest BCUT2D eigenvalue weighted by Crippen LogP contribution is -2.06. The highest BCUT2D eigenvalue weighted by Gasteiger charge is 2.26. The molecule has 4 rings (SSSR count). The van der Waals surface area contributed by atoms with Crippen molar-refractivity contribution < 1.29 is 13.7 Å². The fourth-order valence-electron chi connectivity index (χ4n) is 2.83. The van der Waals surface area contributed by atoms with Crippen molar-refractivity contribution in [2.24, 2.45) is 5.10 Å². The van der Waals surface area contributed by atoms with Crippen molar-refractivity contribution in [1.82, 2.24) is 5.20 Å². The molecule has 0 atom stereocenters. The second-order valence-corrected chi connectivity index (χ2v) is 8.58. The Morgan fingerprint density at radius 3 is 1.83 bits per heavy atom. The minimum atomic E-state index is -3.17. The minimum absolute atomic E-state index is 0.321. The molecular weight excluding hydrogens is 386 g/mol. The number of nitrogens with one attached hydrogen (secondary N) is 1. The standard InChI is InChI=1S/C23H18FN2O2P/c24-21-13-11-18(12-14-21)15-25-26-29(27)16-22(19-7-3-1-4-8-19)28-23(17-29)20-9-5-2-6-10-20/h1-17H,(H,26,27). The first-order valence-electron chi connectivity index (χ1n) is 9.01. The van der Waals surface area contributed by atoms with Crippen LogP contribution in [0.2, 0.25) is 0 Å². The molecule has 0 amide bonds. The third-order valence-corrected chi connectivity index (χ3v) is 5.92. The van der Waals surface area contributed by atoms with Crippen LogP contribution in [0.25, 0.3) is 11.5 Å². The fourth-order valence-corrected chi connectivity index (χ4v) is 4.36. The quantitative estimate of drug-likeness (QED) is 0.320. The Hall–Kier alpha value is -3.43. The molecule has 1 aliphatic heterocycles. The van der Waals surface area contributed by atoms with E-state index in [0.29, 0.717) is 17.1 Å². The summed E-state index contributed by atoms with van der Waals surface area (Å²) in [5.41, 5.74) is 2.33. The molecule has 6 heteroatoms. The maximum Gasteiger partial charge on any atom is 0.235 e. The predicted octanol–water partition coefficient (Wildman–Crippen LogP) is 6.05. The number of hydrazone groups is 1. The number of benzene rings is 3. The Kier molecular flexibility index (Phi) is 5.41. The molecule has 0 fully saturated rings. The minimum Gasteiger partial charge on any atom is -0.456 e. The Bertz CT molecular complexity index is 1070. The van der Waals surface area contributed by atoms with Crippen LogP contribution >= 0.6 is 7.29 Å². The summed E-state index contributed by atoms with van der Waals surface area (Å²) in [4.78, 5) is 0. The summed E-state index contributed by atoms with van der Waals surface area (Å²) in [6.07, 6.45) is 1.50. The molecule has 3 aromatic carbocycles. The zero-order valence-electron chi connectivity index (χ0n) is 15.4. The van der Waals surface area contributed by atoms with E-state index in [-0.39, 0.29) is 5.82 Å². The van der Waals surface area contributed by atoms with Gasteiger partial charge in [0.1, 0.15) is 17.3 Å². The van der Waals surface area contributed by atoms with Gasteiger partial charge in [-0.25, -0.2) is 4.39 Å². The molecule has 4 nitrogen and oxygen atoms in total. The number of ether oxygens (including phenoxy) is 1. The molecule has 1 aliphatic rings. The zero-order chi connectivity index (χ0) is 20.1. The number of rotatable bonds is 5. The van der Waals surface area contributed by atoms with Gasteiger partial charge in [0, 0.05) is 22.8 Å². The fraction of sp³-hybridized carbons (Fsp3) is 0. The van der Waals surface area contributed by atoms with Gasteiger partial charge in [-0.1, -0.05) is 72.8 Å². The average Bonchev–Trinajstić information content (AvgIpc) is 2.76. The number of hydrogen-bond donors (Lipinski definition) is 1. The van der Waals surface area contributed by atoms with Gasteiger partial charge in [0.15, 0.2) is 0 Å². The molecule has 0 aromatic heterocycles. The summed E-state index contributed by atoms with van der Waals surface area (Å²) < 4.78 is 32.6. The van der Waals surface area contributed by atoms with E-state index in [1.807, 2.05) is 60.7 Å². The van der Waals surface area contributed by atoms with Crippen LogP contribution in [-0.2, 0) is 9.30 Å². The Balaban J connectivity index is 1.66. The van der Waals surface area contributed by atoms with Crippen molar-refractivity contribution in [2.75, 3.05) is 0 Å². The maximum atomic E-state index is 13.5. The van der Waals surface area contributed by atoms with Gasteiger partial charge in [0.05, 0.1) is 6.21 Å². The Morgan fingerprint density at radius 1 is 0.793 bits per heavy atom. The van der Waals surface area contributed by atoms with E-state index in [4.69, 9.17) is 4.74 Å². The van der Waals surface area contributed by atoms with Gasteiger partial charge in [0.2, 0.25) is 7.29 Å². The van der Waals surface area contributed by atoms with Crippen molar-refractivity contribution in [3.8, 4) is 0 Å². The second kappa shape index (κ2) is 8.29. The maximum absolute atomic E-state index is 13.5. The first kappa shape index (κ1) is 18.9. The first-order chi connectivity index (χ1) is 14.1. The monoisotopic (exact) mass is 404 g/mol. The normalized spacial score (nSPS) is 15.3. The number of hydrogen-bond acceptors (Lipinski definition) is 3. The van der Waals surface area contributed by atoms with E-state index in [2.05, 4.69) is 10.3 Å². The van der Waals surface area contributed by atoms with Crippen molar-refractivity contribution in [2.45, 2.75) is 0 Å². The van der Waals surface area contributed by atoms with Crippen LogP contribution in [0.1, 0.15) is 16.7 Å². The molecule has 1 heterocycles. The third-order valence-electron chi connectivity index (χ3n) is 4.25. The van der Waals surface area contributed by atoms with E-state index in [1.54, 1.807) is 23.8 Å². The highest BCUT2D eigenvalue weighted by Crippen LogP contribution is 2.53. The Morgan fingerprint density at radius 2 is 1.31 bits per heavy atom. The largest absolute Gasteiger partial charge is 0.456 e. The lowest BCUT2D eigenvalue weighted by atomic mass is 10.2. The summed E-state index contributed by atoms with van der Waals surface area (Å²) >= 11 is 0. The van der Waals surface area contributed by atoms with E-state index in [9.17, 15) is 8.96 Å². The van der Waals surface area contributed by atoms with Gasteiger partial charge in [0.25, 0.3) is 0 Å². The van der Waals surface area contributed by atoms with Crippen molar-refractivity contribution >= 4 is 25.0 Å². The van der Waals surface area contributed by atoms with Crippen molar-refractivity contribution in [3.63, 3.8) is 0 Å². The topological polar surface area (TPSA) is 50.7 Å². The highest BCUT2D eigenvalue weighted by atomic mass is 31.2. The van der Waals surface area contributed by atoms with Crippen LogP contribution < -0.4 is 5.20 Å². The van der Waals surface area contributed by atoms with Gasteiger partial charge in [-0.05, 0) is 17.7 Å². The van der Waals surface area contributed by atoms with Gasteiger partial charge < -0.3 is 4.74 Å². The summed E-state index contributed by atoms with van der Waals surface area (Å²) in [5, 5.41) is 6.88. The van der Waals surface area contributed by atoms with Gasteiger partial charge >= 0.3 is 0 Å². The SMILES string of the molecule is O=P1(NN=Cc2ccc(F)cc2)C=C(c2ccccc2)OC(c2ccccc2)=C1. The third kappa shape index (κ3) is 4.71. The van der Waals surface area contributed by atoms with Crippen LogP contribution in [0, 0.1) is 5.82 Å². The van der Waals surface area contributed by atoms with Crippen molar-refractivity contribution in [3.05, 3.63) is 119 Å². The predicted molar refractivity (Wildman–Crippen MR) is 115 cm³/mol. The van der Waals surface area contributed by atoms with Crippen LogP contribution in [0.4, 0.5) is 4.39 Å². The van der Waals surface area contributed by atoms with E-state index >= 15 is 0 Å². The summed E-state index contributed by atoms with van der Waals surface area (Å²) in [7, 11) is -3.17. The molecule has 0 spiro atoms. The molecule has 0 radical (unpaired) electrons. The van der Waals surface area contributed by atoms with Gasteiger partial charge in [-0.3, -0.25) is 9.76 Å². The van der Waals surface area contributed by atoms with E-state index < -0.39 is 7.29 Å². The summed E-state index contributed by atoms with van der Waals surface area (Å²) in [5.74, 6) is 3.81. The molecule has 0 unspecified atom stereocenters. The molecule has 3 aromatic rings. The molecule has 144 valence electrons.